The molecule has 0 atom stereocenters. The molecular weight excluding hydrogens is 376 g/mol. The average Bonchev–Trinajstić information content (AvgIpc) is 3.20. The lowest BCUT2D eigenvalue weighted by atomic mass is 10.0. The molecule has 1 heterocycles. The number of hydrogen-bond acceptors (Lipinski definition) is 4. The number of aromatic nitrogens is 2. The molecule has 1 aromatic heterocycles. The third kappa shape index (κ3) is 3.58. The van der Waals surface area contributed by atoms with Gasteiger partial charge in [0.2, 0.25) is 0 Å². The maximum atomic E-state index is 12.3. The van der Waals surface area contributed by atoms with E-state index in [1.807, 2.05) is 42.5 Å². The molecule has 0 fully saturated rings. The van der Waals surface area contributed by atoms with Gasteiger partial charge >= 0.3 is 0 Å². The van der Waals surface area contributed by atoms with E-state index in [4.69, 9.17) is 11.6 Å². The van der Waals surface area contributed by atoms with Crippen molar-refractivity contribution in [2.45, 2.75) is 0 Å². The quantitative estimate of drug-likeness (QED) is 0.357. The molecule has 0 saturated heterocycles. The number of carbonyl (C=O) groups is 1. The molecule has 4 aromatic rings. The zero-order valence-electron chi connectivity index (χ0n) is 14.6. The summed E-state index contributed by atoms with van der Waals surface area (Å²) in [6.07, 6.45) is 1.42. The predicted molar refractivity (Wildman–Crippen MR) is 110 cm³/mol. The van der Waals surface area contributed by atoms with Crippen molar-refractivity contribution >= 4 is 34.5 Å². The highest BCUT2D eigenvalue weighted by Crippen LogP contribution is 2.25. The maximum absolute atomic E-state index is 12.3. The standard InChI is InChI=1S/C21H15ClN4O2/c22-15-8-5-14(6-9-15)18-11-19(25-24-18)21(28)26-23-12-17-16-4-2-1-3-13(16)7-10-20(17)27/h1-12,27H,(H,24,25)(H,26,28)/b23-12+. The Hall–Kier alpha value is -3.64. The number of rotatable bonds is 4. The molecule has 0 aliphatic rings. The van der Waals surface area contributed by atoms with Crippen molar-refractivity contribution in [1.29, 1.82) is 0 Å². The van der Waals surface area contributed by atoms with Crippen LogP contribution < -0.4 is 5.43 Å². The van der Waals surface area contributed by atoms with Crippen molar-refractivity contribution in [3.05, 3.63) is 83.0 Å². The molecule has 1 amide bonds. The molecule has 3 aromatic carbocycles. The second-order valence-corrected chi connectivity index (χ2v) is 6.53. The number of carbonyl (C=O) groups excluding carboxylic acids is 1. The molecule has 0 unspecified atom stereocenters. The van der Waals surface area contributed by atoms with Crippen LogP contribution in [0.15, 0.2) is 71.8 Å². The summed E-state index contributed by atoms with van der Waals surface area (Å²) in [5.74, 6) is -0.355. The molecule has 28 heavy (non-hydrogen) atoms. The number of H-pyrrole nitrogens is 1. The Kier molecular flexibility index (Phi) is 4.78. The first kappa shape index (κ1) is 17.8. The summed E-state index contributed by atoms with van der Waals surface area (Å²) in [6, 6.07) is 19.8. The number of amides is 1. The minimum absolute atomic E-state index is 0.0864. The first-order chi connectivity index (χ1) is 13.6. The number of hydrazone groups is 1. The molecular formula is C21H15ClN4O2. The summed E-state index contributed by atoms with van der Waals surface area (Å²) in [5, 5.41) is 23.3. The molecule has 6 nitrogen and oxygen atoms in total. The Morgan fingerprint density at radius 2 is 1.89 bits per heavy atom. The van der Waals surface area contributed by atoms with Crippen LogP contribution in [0.1, 0.15) is 16.1 Å². The fourth-order valence-corrected chi connectivity index (χ4v) is 2.97. The fraction of sp³-hybridized carbons (Fsp3) is 0. The number of nitrogens with one attached hydrogen (secondary N) is 2. The van der Waals surface area contributed by atoms with Crippen molar-refractivity contribution in [3.8, 4) is 17.0 Å². The second kappa shape index (κ2) is 7.54. The lowest BCUT2D eigenvalue weighted by Crippen LogP contribution is -2.18. The van der Waals surface area contributed by atoms with E-state index < -0.39 is 5.91 Å². The monoisotopic (exact) mass is 390 g/mol. The van der Waals surface area contributed by atoms with Crippen LogP contribution >= 0.6 is 11.6 Å². The Morgan fingerprint density at radius 1 is 1.11 bits per heavy atom. The van der Waals surface area contributed by atoms with Gasteiger partial charge in [0.15, 0.2) is 0 Å². The SMILES string of the molecule is O=C(N/N=C/c1c(O)ccc2ccccc12)c1cc(-c2ccc(Cl)cc2)n[nH]1. The highest BCUT2D eigenvalue weighted by atomic mass is 35.5. The van der Waals surface area contributed by atoms with Crippen LogP contribution in [0.2, 0.25) is 5.02 Å². The molecule has 7 heteroatoms. The van der Waals surface area contributed by atoms with Gasteiger partial charge in [-0.05, 0) is 35.0 Å². The third-order valence-electron chi connectivity index (χ3n) is 4.27. The van der Waals surface area contributed by atoms with Gasteiger partial charge in [0.25, 0.3) is 5.91 Å². The van der Waals surface area contributed by atoms with E-state index in [1.165, 1.54) is 6.21 Å². The fourth-order valence-electron chi connectivity index (χ4n) is 2.84. The number of halogens is 1. The van der Waals surface area contributed by atoms with E-state index in [2.05, 4.69) is 20.7 Å². The molecule has 0 spiro atoms. The van der Waals surface area contributed by atoms with Crippen LogP contribution in [0.4, 0.5) is 0 Å². The molecule has 0 saturated carbocycles. The number of fused-ring (bicyclic) bond motifs is 1. The van der Waals surface area contributed by atoms with Crippen molar-refractivity contribution in [1.82, 2.24) is 15.6 Å². The zero-order chi connectivity index (χ0) is 19.5. The number of phenols is 1. The van der Waals surface area contributed by atoms with Crippen molar-refractivity contribution in [2.24, 2.45) is 5.10 Å². The van der Waals surface area contributed by atoms with Gasteiger partial charge in [-0.2, -0.15) is 10.2 Å². The van der Waals surface area contributed by atoms with Gasteiger partial charge in [0.05, 0.1) is 11.9 Å². The molecule has 0 radical (unpaired) electrons. The van der Waals surface area contributed by atoms with E-state index in [-0.39, 0.29) is 11.4 Å². The van der Waals surface area contributed by atoms with E-state index >= 15 is 0 Å². The molecule has 0 aliphatic carbocycles. The van der Waals surface area contributed by atoms with Gasteiger partial charge in [-0.1, -0.05) is 54.1 Å². The summed E-state index contributed by atoms with van der Waals surface area (Å²) >= 11 is 5.88. The minimum atomic E-state index is -0.441. The molecule has 0 aliphatic heterocycles. The number of aromatic amines is 1. The lowest BCUT2D eigenvalue weighted by molar-refractivity contribution is 0.0950. The first-order valence-electron chi connectivity index (χ1n) is 8.47. The van der Waals surface area contributed by atoms with Gasteiger partial charge in [-0.3, -0.25) is 9.89 Å². The van der Waals surface area contributed by atoms with Gasteiger partial charge in [0, 0.05) is 16.1 Å². The van der Waals surface area contributed by atoms with E-state index in [9.17, 15) is 9.90 Å². The zero-order valence-corrected chi connectivity index (χ0v) is 15.3. The Labute approximate surface area is 165 Å². The highest BCUT2D eigenvalue weighted by molar-refractivity contribution is 6.30. The average molecular weight is 391 g/mol. The summed E-state index contributed by atoms with van der Waals surface area (Å²) in [6.45, 7) is 0. The maximum Gasteiger partial charge on any atom is 0.289 e. The van der Waals surface area contributed by atoms with Crippen LogP contribution in [0, 0.1) is 0 Å². The number of nitrogens with zero attached hydrogens (tertiary/aromatic N) is 2. The van der Waals surface area contributed by atoms with Gasteiger partial charge in [-0.15, -0.1) is 0 Å². The summed E-state index contributed by atoms with van der Waals surface area (Å²) in [7, 11) is 0. The Balaban J connectivity index is 1.51. The first-order valence-corrected chi connectivity index (χ1v) is 8.85. The van der Waals surface area contributed by atoms with Crippen molar-refractivity contribution in [2.75, 3.05) is 0 Å². The number of phenolic OH excluding ortho intramolecular Hbond substituents is 1. The predicted octanol–water partition coefficient (Wildman–Crippen LogP) is 4.35. The molecule has 138 valence electrons. The number of hydrogen-bond donors (Lipinski definition) is 3. The Morgan fingerprint density at radius 3 is 2.71 bits per heavy atom. The van der Waals surface area contributed by atoms with E-state index in [0.717, 1.165) is 16.3 Å². The van der Waals surface area contributed by atoms with Crippen molar-refractivity contribution in [3.63, 3.8) is 0 Å². The summed E-state index contributed by atoms with van der Waals surface area (Å²) in [5.41, 5.74) is 4.70. The topological polar surface area (TPSA) is 90.4 Å². The summed E-state index contributed by atoms with van der Waals surface area (Å²) in [4.78, 5) is 12.3. The van der Waals surface area contributed by atoms with Crippen LogP contribution in [-0.4, -0.2) is 27.4 Å². The van der Waals surface area contributed by atoms with E-state index in [1.54, 1.807) is 24.3 Å². The van der Waals surface area contributed by atoms with Gasteiger partial charge in [-0.25, -0.2) is 5.43 Å². The van der Waals surface area contributed by atoms with Gasteiger partial charge in [0.1, 0.15) is 11.4 Å². The third-order valence-corrected chi connectivity index (χ3v) is 4.52. The minimum Gasteiger partial charge on any atom is -0.507 e. The normalized spacial score (nSPS) is 11.2. The smallest absolute Gasteiger partial charge is 0.289 e. The van der Waals surface area contributed by atoms with Crippen LogP contribution in [0.25, 0.3) is 22.0 Å². The number of aromatic hydroxyl groups is 1. The lowest BCUT2D eigenvalue weighted by Gasteiger charge is -2.04. The second-order valence-electron chi connectivity index (χ2n) is 6.09. The van der Waals surface area contributed by atoms with Crippen LogP contribution in [0.3, 0.4) is 0 Å². The van der Waals surface area contributed by atoms with Crippen molar-refractivity contribution < 1.29 is 9.90 Å². The van der Waals surface area contributed by atoms with Crippen LogP contribution in [0.5, 0.6) is 5.75 Å². The molecule has 4 rings (SSSR count). The van der Waals surface area contributed by atoms with Gasteiger partial charge < -0.3 is 5.11 Å². The molecule has 0 bridgehead atoms. The molecule has 3 N–H and O–H groups in total. The Bertz CT molecular complexity index is 1180. The summed E-state index contributed by atoms with van der Waals surface area (Å²) < 4.78 is 0. The van der Waals surface area contributed by atoms with E-state index in [0.29, 0.717) is 16.3 Å². The van der Waals surface area contributed by atoms with Crippen LogP contribution in [-0.2, 0) is 0 Å². The highest BCUT2D eigenvalue weighted by Gasteiger charge is 2.11. The largest absolute Gasteiger partial charge is 0.507 e. The number of benzene rings is 3.